The zero-order valence-corrected chi connectivity index (χ0v) is 13.6. The normalized spacial score (nSPS) is 10.8. The summed E-state index contributed by atoms with van der Waals surface area (Å²) in [6.45, 7) is 2.53. The van der Waals surface area contributed by atoms with Crippen LogP contribution in [0.3, 0.4) is 0 Å². The fourth-order valence-corrected chi connectivity index (χ4v) is 2.17. The van der Waals surface area contributed by atoms with Gasteiger partial charge in [-0.05, 0) is 30.2 Å². The maximum absolute atomic E-state index is 11.2. The van der Waals surface area contributed by atoms with Crippen LogP contribution in [-0.2, 0) is 6.61 Å². The van der Waals surface area contributed by atoms with Gasteiger partial charge in [-0.3, -0.25) is 9.78 Å². The molecule has 3 rings (SSSR count). The van der Waals surface area contributed by atoms with Crippen LogP contribution in [0.5, 0.6) is 5.75 Å². The first-order valence-corrected chi connectivity index (χ1v) is 7.70. The molecule has 7 nitrogen and oxygen atoms in total. The Morgan fingerprint density at radius 3 is 2.84 bits per heavy atom. The van der Waals surface area contributed by atoms with Crippen LogP contribution < -0.4 is 15.7 Å². The van der Waals surface area contributed by atoms with E-state index in [0.29, 0.717) is 12.4 Å². The molecule has 0 atom stereocenters. The van der Waals surface area contributed by atoms with Gasteiger partial charge in [-0.2, -0.15) is 5.10 Å². The molecular weight excluding hydrogens is 318 g/mol. The molecule has 3 aromatic rings. The molecule has 0 radical (unpaired) electrons. The third kappa shape index (κ3) is 4.51. The third-order valence-corrected chi connectivity index (χ3v) is 3.51. The van der Waals surface area contributed by atoms with Crippen LogP contribution in [0.25, 0.3) is 0 Å². The van der Waals surface area contributed by atoms with Crippen molar-refractivity contribution in [3.05, 3.63) is 81.8 Å². The molecule has 25 heavy (non-hydrogen) atoms. The highest BCUT2D eigenvalue weighted by atomic mass is 16.5. The van der Waals surface area contributed by atoms with Gasteiger partial charge in [0.2, 0.25) is 5.95 Å². The lowest BCUT2D eigenvalue weighted by molar-refractivity contribution is 0.305. The van der Waals surface area contributed by atoms with Crippen LogP contribution in [0, 0.1) is 6.92 Å². The number of hydrogen-bond donors (Lipinski definition) is 2. The number of aromatic amines is 1. The highest BCUT2D eigenvalue weighted by Crippen LogP contribution is 2.18. The van der Waals surface area contributed by atoms with E-state index in [1.165, 1.54) is 5.56 Å². The standard InChI is InChI=1S/C18H17N5O2/c1-13-6-2-3-8-15(13)12-25-16-9-5-4-7-14(16)10-19-22-18-21-17(24)11-20-23-18/h2-11H,12H2,1H3,(H2,21,22,23,24)/b19-10+. The molecular formula is C18H17N5O2. The van der Waals surface area contributed by atoms with Crippen molar-refractivity contribution in [1.29, 1.82) is 0 Å². The maximum Gasteiger partial charge on any atom is 0.271 e. The van der Waals surface area contributed by atoms with Crippen LogP contribution in [0.1, 0.15) is 16.7 Å². The predicted molar refractivity (Wildman–Crippen MR) is 95.8 cm³/mol. The van der Waals surface area contributed by atoms with Crippen LogP contribution >= 0.6 is 0 Å². The van der Waals surface area contributed by atoms with Crippen LogP contribution in [-0.4, -0.2) is 21.4 Å². The molecule has 0 amide bonds. The number of nitrogens with zero attached hydrogens (tertiary/aromatic N) is 3. The van der Waals surface area contributed by atoms with Gasteiger partial charge >= 0.3 is 0 Å². The SMILES string of the molecule is Cc1ccccc1COc1ccccc1/C=N/Nc1nncc(=O)[nH]1. The highest BCUT2D eigenvalue weighted by molar-refractivity contribution is 5.83. The summed E-state index contributed by atoms with van der Waals surface area (Å²) in [5, 5.41) is 11.3. The summed E-state index contributed by atoms with van der Waals surface area (Å²) in [7, 11) is 0. The van der Waals surface area contributed by atoms with E-state index in [2.05, 4.69) is 38.7 Å². The largest absolute Gasteiger partial charge is 0.488 e. The summed E-state index contributed by atoms with van der Waals surface area (Å²) < 4.78 is 5.92. The Labute approximate surface area is 144 Å². The Bertz CT molecular complexity index is 936. The van der Waals surface area contributed by atoms with E-state index in [-0.39, 0.29) is 11.5 Å². The summed E-state index contributed by atoms with van der Waals surface area (Å²) in [5.41, 5.74) is 5.39. The molecule has 0 bridgehead atoms. The van der Waals surface area contributed by atoms with E-state index in [1.807, 2.05) is 42.5 Å². The number of hydrogen-bond acceptors (Lipinski definition) is 6. The quantitative estimate of drug-likeness (QED) is 0.533. The van der Waals surface area contributed by atoms with E-state index in [1.54, 1.807) is 6.21 Å². The number of hydrazone groups is 1. The van der Waals surface area contributed by atoms with Gasteiger partial charge < -0.3 is 4.74 Å². The Morgan fingerprint density at radius 2 is 2.00 bits per heavy atom. The summed E-state index contributed by atoms with van der Waals surface area (Å²) in [5.74, 6) is 0.881. The molecule has 0 saturated carbocycles. The Hall–Kier alpha value is -3.48. The number of ether oxygens (including phenoxy) is 1. The van der Waals surface area contributed by atoms with Crippen molar-refractivity contribution >= 4 is 12.2 Å². The lowest BCUT2D eigenvalue weighted by Gasteiger charge is -2.10. The minimum Gasteiger partial charge on any atom is -0.488 e. The van der Waals surface area contributed by atoms with E-state index >= 15 is 0 Å². The number of aromatic nitrogens is 3. The fraction of sp³-hybridized carbons (Fsp3) is 0.111. The average Bonchev–Trinajstić information content (AvgIpc) is 2.62. The highest BCUT2D eigenvalue weighted by Gasteiger charge is 2.03. The van der Waals surface area contributed by atoms with Crippen LogP contribution in [0.15, 0.2) is 64.6 Å². The molecule has 0 saturated heterocycles. The van der Waals surface area contributed by atoms with Gasteiger partial charge in [0.1, 0.15) is 18.6 Å². The number of para-hydroxylation sites is 1. The second-order valence-electron chi connectivity index (χ2n) is 5.31. The molecule has 1 aromatic heterocycles. The lowest BCUT2D eigenvalue weighted by Crippen LogP contribution is -2.10. The lowest BCUT2D eigenvalue weighted by atomic mass is 10.1. The smallest absolute Gasteiger partial charge is 0.271 e. The number of nitrogens with one attached hydrogen (secondary N) is 2. The molecule has 0 spiro atoms. The van der Waals surface area contributed by atoms with Gasteiger partial charge in [0.05, 0.1) is 6.21 Å². The number of aryl methyl sites for hydroxylation is 1. The summed E-state index contributed by atoms with van der Waals surface area (Å²) >= 11 is 0. The zero-order valence-electron chi connectivity index (χ0n) is 13.6. The first-order valence-electron chi connectivity index (χ1n) is 7.70. The first-order chi connectivity index (χ1) is 12.2. The second kappa shape index (κ2) is 7.87. The zero-order chi connectivity index (χ0) is 17.5. The molecule has 0 fully saturated rings. The van der Waals surface area contributed by atoms with Gasteiger partial charge in [-0.15, -0.1) is 10.2 Å². The summed E-state index contributed by atoms with van der Waals surface area (Å²) in [6.07, 6.45) is 2.68. The van der Waals surface area contributed by atoms with Crippen molar-refractivity contribution in [3.63, 3.8) is 0 Å². The van der Waals surface area contributed by atoms with Crippen molar-refractivity contribution in [3.8, 4) is 5.75 Å². The predicted octanol–water partition coefficient (Wildman–Crippen LogP) is 2.50. The number of anilines is 1. The third-order valence-electron chi connectivity index (χ3n) is 3.51. The van der Waals surface area contributed by atoms with Crippen molar-refractivity contribution in [2.45, 2.75) is 13.5 Å². The van der Waals surface area contributed by atoms with E-state index in [9.17, 15) is 4.79 Å². The molecule has 1 heterocycles. The topological polar surface area (TPSA) is 92.3 Å². The van der Waals surface area contributed by atoms with E-state index in [4.69, 9.17) is 4.74 Å². The van der Waals surface area contributed by atoms with Gasteiger partial charge in [0, 0.05) is 5.56 Å². The van der Waals surface area contributed by atoms with Crippen molar-refractivity contribution in [2.75, 3.05) is 5.43 Å². The van der Waals surface area contributed by atoms with Crippen LogP contribution in [0.2, 0.25) is 0 Å². The van der Waals surface area contributed by atoms with E-state index < -0.39 is 0 Å². The van der Waals surface area contributed by atoms with Gasteiger partial charge in [0.25, 0.3) is 5.56 Å². The van der Waals surface area contributed by atoms with Gasteiger partial charge in [-0.1, -0.05) is 36.4 Å². The van der Waals surface area contributed by atoms with Crippen molar-refractivity contribution in [1.82, 2.24) is 15.2 Å². The number of benzene rings is 2. The minimum atomic E-state index is -0.352. The second-order valence-corrected chi connectivity index (χ2v) is 5.31. The molecule has 0 aliphatic heterocycles. The van der Waals surface area contributed by atoms with Gasteiger partial charge in [0.15, 0.2) is 0 Å². The maximum atomic E-state index is 11.2. The minimum absolute atomic E-state index is 0.169. The molecule has 0 aliphatic rings. The van der Waals surface area contributed by atoms with Crippen molar-refractivity contribution < 1.29 is 4.74 Å². The molecule has 2 N–H and O–H groups in total. The molecule has 0 unspecified atom stereocenters. The van der Waals surface area contributed by atoms with E-state index in [0.717, 1.165) is 17.3 Å². The monoisotopic (exact) mass is 335 g/mol. The molecule has 0 aliphatic carbocycles. The number of rotatable bonds is 6. The average molecular weight is 335 g/mol. The number of H-pyrrole nitrogens is 1. The first kappa shape index (κ1) is 16.4. The summed E-state index contributed by atoms with van der Waals surface area (Å²) in [6, 6.07) is 15.6. The molecule has 7 heteroatoms. The van der Waals surface area contributed by atoms with Crippen LogP contribution in [0.4, 0.5) is 5.95 Å². The molecule has 126 valence electrons. The fourth-order valence-electron chi connectivity index (χ4n) is 2.17. The van der Waals surface area contributed by atoms with Crippen molar-refractivity contribution in [2.24, 2.45) is 5.10 Å². The summed E-state index contributed by atoms with van der Waals surface area (Å²) in [4.78, 5) is 13.6. The molecule has 2 aromatic carbocycles. The Kier molecular flexibility index (Phi) is 5.16. The Balaban J connectivity index is 1.69. The Morgan fingerprint density at radius 1 is 1.20 bits per heavy atom. The van der Waals surface area contributed by atoms with Gasteiger partial charge in [-0.25, -0.2) is 5.43 Å².